The van der Waals surface area contributed by atoms with Gasteiger partial charge in [-0.2, -0.15) is 0 Å². The maximum absolute atomic E-state index is 12.0. The lowest BCUT2D eigenvalue weighted by molar-refractivity contribution is -0.115. The van der Waals surface area contributed by atoms with E-state index in [0.29, 0.717) is 20.8 Å². The summed E-state index contributed by atoms with van der Waals surface area (Å²) < 4.78 is 0.999. The van der Waals surface area contributed by atoms with Crippen LogP contribution in [-0.2, 0) is 4.79 Å². The van der Waals surface area contributed by atoms with Gasteiger partial charge in [-0.15, -0.1) is 0 Å². The number of amidine groups is 1. The molecule has 1 aliphatic rings. The van der Waals surface area contributed by atoms with Crippen LogP contribution in [0.15, 0.2) is 62.9 Å². The van der Waals surface area contributed by atoms with E-state index in [4.69, 9.17) is 11.6 Å². The number of amides is 1. The molecule has 0 aliphatic carbocycles. The highest BCUT2D eigenvalue weighted by atomic mass is 79.9. The van der Waals surface area contributed by atoms with Crippen molar-refractivity contribution in [2.45, 2.75) is 0 Å². The average molecular weight is 394 g/mol. The first-order chi connectivity index (χ1) is 10.6. The predicted molar refractivity (Wildman–Crippen MR) is 96.4 cm³/mol. The molecule has 6 heteroatoms. The molecule has 3 rings (SSSR count). The van der Waals surface area contributed by atoms with Gasteiger partial charge >= 0.3 is 0 Å². The average Bonchev–Trinajstić information content (AvgIpc) is 2.84. The molecule has 1 fully saturated rings. The van der Waals surface area contributed by atoms with Crippen LogP contribution in [0, 0.1) is 0 Å². The SMILES string of the molecule is O=C1NC(=Nc2ccccc2Cl)S/C1=C\c1ccc(Br)cc1. The number of nitrogens with one attached hydrogen (secondary N) is 1. The Kier molecular flexibility index (Phi) is 4.66. The first-order valence-electron chi connectivity index (χ1n) is 6.41. The van der Waals surface area contributed by atoms with Gasteiger partial charge < -0.3 is 5.32 Å². The first kappa shape index (κ1) is 15.3. The van der Waals surface area contributed by atoms with Gasteiger partial charge in [0.15, 0.2) is 5.17 Å². The van der Waals surface area contributed by atoms with Crippen LogP contribution in [0.3, 0.4) is 0 Å². The Bertz CT molecular complexity index is 787. The second kappa shape index (κ2) is 6.69. The molecule has 22 heavy (non-hydrogen) atoms. The molecule has 1 N–H and O–H groups in total. The van der Waals surface area contributed by atoms with Gasteiger partial charge in [0.25, 0.3) is 5.91 Å². The zero-order chi connectivity index (χ0) is 15.5. The van der Waals surface area contributed by atoms with Crippen molar-refractivity contribution < 1.29 is 4.79 Å². The Morgan fingerprint density at radius 3 is 2.59 bits per heavy atom. The Morgan fingerprint density at radius 2 is 1.86 bits per heavy atom. The molecule has 0 unspecified atom stereocenters. The summed E-state index contributed by atoms with van der Waals surface area (Å²) in [5.41, 5.74) is 1.59. The minimum Gasteiger partial charge on any atom is -0.300 e. The topological polar surface area (TPSA) is 41.5 Å². The maximum Gasteiger partial charge on any atom is 0.264 e. The molecule has 1 saturated heterocycles. The summed E-state index contributed by atoms with van der Waals surface area (Å²) >= 11 is 10.8. The molecule has 0 atom stereocenters. The fourth-order valence-electron chi connectivity index (χ4n) is 1.84. The predicted octanol–water partition coefficient (Wildman–Crippen LogP) is 4.99. The van der Waals surface area contributed by atoms with E-state index in [1.54, 1.807) is 12.1 Å². The van der Waals surface area contributed by atoms with Gasteiger partial charge in [0, 0.05) is 4.47 Å². The van der Waals surface area contributed by atoms with Crippen molar-refractivity contribution in [1.82, 2.24) is 5.32 Å². The lowest BCUT2D eigenvalue weighted by atomic mass is 10.2. The molecule has 1 heterocycles. The number of carbonyl (C=O) groups is 1. The highest BCUT2D eigenvalue weighted by Crippen LogP contribution is 2.30. The minimum absolute atomic E-state index is 0.154. The lowest BCUT2D eigenvalue weighted by Crippen LogP contribution is -2.19. The number of carbonyl (C=O) groups excluding carboxylic acids is 1. The lowest BCUT2D eigenvalue weighted by Gasteiger charge is -1.98. The van der Waals surface area contributed by atoms with Gasteiger partial charge in [-0.05, 0) is 47.7 Å². The first-order valence-corrected chi connectivity index (χ1v) is 8.40. The van der Waals surface area contributed by atoms with Crippen molar-refractivity contribution >= 4 is 62.1 Å². The van der Waals surface area contributed by atoms with Crippen LogP contribution in [-0.4, -0.2) is 11.1 Å². The van der Waals surface area contributed by atoms with Crippen molar-refractivity contribution in [2.75, 3.05) is 0 Å². The normalized spacial score (nSPS) is 18.0. The number of benzene rings is 2. The van der Waals surface area contributed by atoms with E-state index in [0.717, 1.165) is 10.0 Å². The third kappa shape index (κ3) is 3.61. The quantitative estimate of drug-likeness (QED) is 0.730. The molecule has 0 spiro atoms. The largest absolute Gasteiger partial charge is 0.300 e. The van der Waals surface area contributed by atoms with Gasteiger partial charge in [-0.25, -0.2) is 4.99 Å². The van der Waals surface area contributed by atoms with Gasteiger partial charge in [-0.1, -0.05) is 51.8 Å². The monoisotopic (exact) mass is 392 g/mol. The molecule has 1 amide bonds. The molecule has 0 bridgehead atoms. The van der Waals surface area contributed by atoms with Crippen LogP contribution in [0.4, 0.5) is 5.69 Å². The standard InChI is InChI=1S/C16H10BrClN2OS/c17-11-7-5-10(6-8-11)9-14-15(21)20-16(22-14)19-13-4-2-1-3-12(13)18/h1-9H,(H,19,20,21)/b14-9-. The molecule has 0 radical (unpaired) electrons. The van der Waals surface area contributed by atoms with Crippen molar-refractivity contribution in [3.05, 3.63) is 68.5 Å². The summed E-state index contributed by atoms with van der Waals surface area (Å²) in [5, 5.41) is 3.83. The number of para-hydroxylation sites is 1. The molecule has 0 saturated carbocycles. The summed E-state index contributed by atoms with van der Waals surface area (Å²) in [6, 6.07) is 15.0. The van der Waals surface area contributed by atoms with Gasteiger partial charge in [0.1, 0.15) is 0 Å². The van der Waals surface area contributed by atoms with Gasteiger partial charge in [0.05, 0.1) is 15.6 Å². The van der Waals surface area contributed by atoms with E-state index >= 15 is 0 Å². The molecular weight excluding hydrogens is 384 g/mol. The Labute approximate surface area is 145 Å². The number of thioether (sulfide) groups is 1. The second-order valence-corrected chi connectivity index (χ2v) is 6.84. The minimum atomic E-state index is -0.154. The Hall–Kier alpha value is -1.56. The third-order valence-electron chi connectivity index (χ3n) is 2.89. The van der Waals surface area contributed by atoms with Crippen LogP contribution in [0.1, 0.15) is 5.56 Å². The highest BCUT2D eigenvalue weighted by Gasteiger charge is 2.23. The van der Waals surface area contributed by atoms with Crippen LogP contribution < -0.4 is 5.32 Å². The number of hydrogen-bond acceptors (Lipinski definition) is 3. The van der Waals surface area contributed by atoms with E-state index in [9.17, 15) is 4.79 Å². The molecule has 2 aromatic rings. The number of nitrogens with zero attached hydrogens (tertiary/aromatic N) is 1. The van der Waals surface area contributed by atoms with Crippen molar-refractivity contribution in [1.29, 1.82) is 0 Å². The molecule has 0 aromatic heterocycles. The summed E-state index contributed by atoms with van der Waals surface area (Å²) in [4.78, 5) is 17.0. The molecule has 3 nitrogen and oxygen atoms in total. The molecular formula is C16H10BrClN2OS. The van der Waals surface area contributed by atoms with E-state index in [1.165, 1.54) is 11.8 Å². The molecule has 1 aliphatic heterocycles. The number of rotatable bonds is 2. The number of halogens is 2. The van der Waals surface area contributed by atoms with Crippen LogP contribution in [0.25, 0.3) is 6.08 Å². The maximum atomic E-state index is 12.0. The summed E-state index contributed by atoms with van der Waals surface area (Å²) in [6.45, 7) is 0. The summed E-state index contributed by atoms with van der Waals surface area (Å²) in [7, 11) is 0. The van der Waals surface area contributed by atoms with Gasteiger partial charge in [0.2, 0.25) is 0 Å². The van der Waals surface area contributed by atoms with Crippen LogP contribution in [0.2, 0.25) is 5.02 Å². The zero-order valence-corrected chi connectivity index (χ0v) is 14.4. The van der Waals surface area contributed by atoms with E-state index in [-0.39, 0.29) is 5.91 Å². The molecule has 110 valence electrons. The smallest absolute Gasteiger partial charge is 0.264 e. The Morgan fingerprint density at radius 1 is 1.14 bits per heavy atom. The summed E-state index contributed by atoms with van der Waals surface area (Å²) in [5.74, 6) is -0.154. The van der Waals surface area contributed by atoms with Crippen LogP contribution in [0.5, 0.6) is 0 Å². The highest BCUT2D eigenvalue weighted by molar-refractivity contribution is 9.10. The van der Waals surface area contributed by atoms with E-state index < -0.39 is 0 Å². The summed E-state index contributed by atoms with van der Waals surface area (Å²) in [6.07, 6.45) is 1.83. The second-order valence-electron chi connectivity index (χ2n) is 4.48. The third-order valence-corrected chi connectivity index (χ3v) is 4.65. The van der Waals surface area contributed by atoms with E-state index in [2.05, 4.69) is 26.2 Å². The molecule has 2 aromatic carbocycles. The van der Waals surface area contributed by atoms with Crippen LogP contribution >= 0.6 is 39.3 Å². The van der Waals surface area contributed by atoms with E-state index in [1.807, 2.05) is 42.5 Å². The fraction of sp³-hybridized carbons (Fsp3) is 0. The zero-order valence-electron chi connectivity index (χ0n) is 11.2. The fourth-order valence-corrected chi connectivity index (χ4v) is 3.12. The number of aliphatic imine (C=N–C) groups is 1. The van der Waals surface area contributed by atoms with Crippen molar-refractivity contribution in [3.63, 3.8) is 0 Å². The van der Waals surface area contributed by atoms with Crippen molar-refractivity contribution in [2.24, 2.45) is 4.99 Å². The van der Waals surface area contributed by atoms with Gasteiger partial charge in [-0.3, -0.25) is 4.79 Å². The number of hydrogen-bond donors (Lipinski definition) is 1. The van der Waals surface area contributed by atoms with Crippen molar-refractivity contribution in [3.8, 4) is 0 Å². The Balaban J connectivity index is 1.84.